The van der Waals surface area contributed by atoms with Crippen LogP contribution in [0.5, 0.6) is 0 Å². The number of fused-ring (bicyclic) bond motifs is 1. The highest BCUT2D eigenvalue weighted by Crippen LogP contribution is 2.30. The number of rotatable bonds is 4. The summed E-state index contributed by atoms with van der Waals surface area (Å²) >= 11 is 0. The van der Waals surface area contributed by atoms with Gasteiger partial charge in [-0.25, -0.2) is 4.98 Å². The average molecular weight is 385 g/mol. The molecule has 0 unspecified atom stereocenters. The van der Waals surface area contributed by atoms with E-state index in [9.17, 15) is 18.0 Å². The topological polar surface area (TPSA) is 59.9 Å². The molecule has 2 aromatic carbocycles. The Labute approximate surface area is 157 Å². The number of aromatic amines is 1. The summed E-state index contributed by atoms with van der Waals surface area (Å²) in [6.45, 7) is -0.562. The predicted octanol–water partition coefficient (Wildman–Crippen LogP) is 4.42. The van der Waals surface area contributed by atoms with Crippen LogP contribution in [0.4, 0.5) is 13.2 Å². The molecule has 142 valence electrons. The van der Waals surface area contributed by atoms with Gasteiger partial charge in [-0.3, -0.25) is 9.53 Å². The SMILES string of the molecule is O=c1[nH]cnc2c(-c3ccc(COC(F)(F)F)cc3)cn(-c3ccccc3)c12. The van der Waals surface area contributed by atoms with Crippen molar-refractivity contribution in [3.63, 3.8) is 0 Å². The van der Waals surface area contributed by atoms with Crippen molar-refractivity contribution in [3.05, 3.63) is 83.0 Å². The van der Waals surface area contributed by atoms with E-state index >= 15 is 0 Å². The lowest BCUT2D eigenvalue weighted by Gasteiger charge is -2.07. The van der Waals surface area contributed by atoms with Gasteiger partial charge >= 0.3 is 6.36 Å². The van der Waals surface area contributed by atoms with E-state index < -0.39 is 13.0 Å². The Bertz CT molecular complexity index is 1160. The van der Waals surface area contributed by atoms with E-state index in [-0.39, 0.29) is 5.56 Å². The number of hydrogen-bond donors (Lipinski definition) is 1. The number of nitrogens with zero attached hydrogens (tertiary/aromatic N) is 2. The number of H-pyrrole nitrogens is 1. The minimum atomic E-state index is -4.67. The van der Waals surface area contributed by atoms with Crippen LogP contribution in [0.3, 0.4) is 0 Å². The van der Waals surface area contributed by atoms with E-state index in [2.05, 4.69) is 14.7 Å². The summed E-state index contributed by atoms with van der Waals surface area (Å²) in [6, 6.07) is 15.8. The second kappa shape index (κ2) is 6.97. The van der Waals surface area contributed by atoms with Crippen LogP contribution in [0.15, 0.2) is 71.9 Å². The molecule has 2 heterocycles. The van der Waals surface area contributed by atoms with E-state index in [0.29, 0.717) is 22.2 Å². The molecular formula is C20H14F3N3O2. The van der Waals surface area contributed by atoms with Gasteiger partial charge in [0.25, 0.3) is 5.56 Å². The fourth-order valence-electron chi connectivity index (χ4n) is 3.02. The monoisotopic (exact) mass is 385 g/mol. The summed E-state index contributed by atoms with van der Waals surface area (Å²) in [5, 5.41) is 0. The van der Waals surface area contributed by atoms with Crippen molar-refractivity contribution in [3.8, 4) is 16.8 Å². The van der Waals surface area contributed by atoms with Crippen LogP contribution in [0.1, 0.15) is 5.56 Å². The van der Waals surface area contributed by atoms with E-state index in [4.69, 9.17) is 0 Å². The summed E-state index contributed by atoms with van der Waals surface area (Å²) in [6.07, 6.45) is -1.55. The lowest BCUT2D eigenvalue weighted by molar-refractivity contribution is -0.330. The molecule has 4 rings (SSSR count). The molecule has 0 aliphatic carbocycles. The Morgan fingerprint density at radius 3 is 2.43 bits per heavy atom. The molecule has 0 aliphatic heterocycles. The summed E-state index contributed by atoms with van der Waals surface area (Å²) in [5.41, 5.74) is 3.24. The Kier molecular flexibility index (Phi) is 4.48. The van der Waals surface area contributed by atoms with Gasteiger partial charge in [0.05, 0.1) is 12.9 Å². The van der Waals surface area contributed by atoms with Crippen molar-refractivity contribution >= 4 is 11.0 Å². The molecule has 0 bridgehead atoms. The van der Waals surface area contributed by atoms with E-state index in [0.717, 1.165) is 11.3 Å². The zero-order valence-electron chi connectivity index (χ0n) is 14.4. The molecule has 0 atom stereocenters. The lowest BCUT2D eigenvalue weighted by atomic mass is 10.1. The summed E-state index contributed by atoms with van der Waals surface area (Å²) < 4.78 is 42.2. The van der Waals surface area contributed by atoms with Crippen LogP contribution < -0.4 is 5.56 Å². The second-order valence-electron chi connectivity index (χ2n) is 6.11. The molecule has 0 saturated heterocycles. The number of ether oxygens (including phenoxy) is 1. The molecule has 0 spiro atoms. The van der Waals surface area contributed by atoms with Gasteiger partial charge in [-0.1, -0.05) is 42.5 Å². The van der Waals surface area contributed by atoms with Crippen LogP contribution >= 0.6 is 0 Å². The molecule has 8 heteroatoms. The van der Waals surface area contributed by atoms with E-state index in [1.54, 1.807) is 35.0 Å². The molecule has 1 N–H and O–H groups in total. The Morgan fingerprint density at radius 1 is 1.04 bits per heavy atom. The maximum absolute atomic E-state index is 12.4. The number of nitrogens with one attached hydrogen (secondary N) is 1. The molecule has 0 fully saturated rings. The summed E-state index contributed by atoms with van der Waals surface area (Å²) in [7, 11) is 0. The van der Waals surface area contributed by atoms with E-state index in [1.807, 2.05) is 30.3 Å². The van der Waals surface area contributed by atoms with Gasteiger partial charge < -0.3 is 9.55 Å². The standard InChI is InChI=1S/C20H14F3N3O2/c21-20(22,23)28-11-13-6-8-14(9-7-13)16-10-26(15-4-2-1-3-5-15)18-17(16)24-12-25-19(18)27/h1-10,12H,11H2,(H,24,25,27). The molecule has 0 aliphatic rings. The molecule has 0 radical (unpaired) electrons. The first kappa shape index (κ1) is 18.0. The van der Waals surface area contributed by atoms with Crippen molar-refractivity contribution in [2.45, 2.75) is 13.0 Å². The fraction of sp³-hybridized carbons (Fsp3) is 0.100. The van der Waals surface area contributed by atoms with Gasteiger partial charge in [0.1, 0.15) is 11.0 Å². The van der Waals surface area contributed by atoms with Gasteiger partial charge in [-0.15, -0.1) is 13.2 Å². The zero-order valence-corrected chi connectivity index (χ0v) is 14.4. The average Bonchev–Trinajstić information content (AvgIpc) is 3.08. The predicted molar refractivity (Wildman–Crippen MR) is 98.0 cm³/mol. The minimum absolute atomic E-state index is 0.282. The highest BCUT2D eigenvalue weighted by atomic mass is 19.4. The molecule has 0 amide bonds. The fourth-order valence-corrected chi connectivity index (χ4v) is 3.02. The van der Waals surface area contributed by atoms with Gasteiger partial charge in [0.15, 0.2) is 0 Å². The van der Waals surface area contributed by atoms with Crippen LogP contribution in [-0.2, 0) is 11.3 Å². The van der Waals surface area contributed by atoms with Crippen molar-refractivity contribution in [2.75, 3.05) is 0 Å². The van der Waals surface area contributed by atoms with Crippen molar-refractivity contribution in [1.82, 2.24) is 14.5 Å². The third-order valence-corrected chi connectivity index (χ3v) is 4.28. The first-order valence-corrected chi connectivity index (χ1v) is 8.36. The quantitative estimate of drug-likeness (QED) is 0.566. The summed E-state index contributed by atoms with van der Waals surface area (Å²) in [5.74, 6) is 0. The molecule has 28 heavy (non-hydrogen) atoms. The molecule has 0 saturated carbocycles. The normalized spacial score (nSPS) is 11.8. The van der Waals surface area contributed by atoms with Gasteiger partial charge in [0, 0.05) is 17.4 Å². The Balaban J connectivity index is 1.77. The number of aromatic nitrogens is 3. The largest absolute Gasteiger partial charge is 0.522 e. The van der Waals surface area contributed by atoms with Gasteiger partial charge in [-0.05, 0) is 23.3 Å². The molecule has 2 aromatic heterocycles. The highest BCUT2D eigenvalue weighted by Gasteiger charge is 2.28. The maximum atomic E-state index is 12.4. The van der Waals surface area contributed by atoms with Gasteiger partial charge in [-0.2, -0.15) is 0 Å². The number of halogens is 3. The molecule has 5 nitrogen and oxygen atoms in total. The third kappa shape index (κ3) is 3.54. The molecule has 4 aromatic rings. The summed E-state index contributed by atoms with van der Waals surface area (Å²) in [4.78, 5) is 19.3. The van der Waals surface area contributed by atoms with Crippen molar-refractivity contribution in [2.24, 2.45) is 0 Å². The first-order valence-electron chi connectivity index (χ1n) is 8.36. The van der Waals surface area contributed by atoms with Crippen LogP contribution in [0.2, 0.25) is 0 Å². The van der Waals surface area contributed by atoms with Crippen LogP contribution in [0.25, 0.3) is 27.8 Å². The number of benzene rings is 2. The Morgan fingerprint density at radius 2 is 1.75 bits per heavy atom. The smallest absolute Gasteiger partial charge is 0.311 e. The minimum Gasteiger partial charge on any atom is -0.311 e. The number of para-hydroxylation sites is 1. The third-order valence-electron chi connectivity index (χ3n) is 4.28. The van der Waals surface area contributed by atoms with Crippen molar-refractivity contribution in [1.29, 1.82) is 0 Å². The van der Waals surface area contributed by atoms with Crippen LogP contribution in [-0.4, -0.2) is 20.9 Å². The zero-order chi connectivity index (χ0) is 19.7. The lowest BCUT2D eigenvalue weighted by Crippen LogP contribution is -2.12. The maximum Gasteiger partial charge on any atom is 0.522 e. The second-order valence-corrected chi connectivity index (χ2v) is 6.11. The highest BCUT2D eigenvalue weighted by molar-refractivity contribution is 5.93. The van der Waals surface area contributed by atoms with Crippen LogP contribution in [0, 0.1) is 0 Å². The molecular weight excluding hydrogens is 371 g/mol. The number of alkyl halides is 3. The van der Waals surface area contributed by atoms with Crippen molar-refractivity contribution < 1.29 is 17.9 Å². The van der Waals surface area contributed by atoms with Gasteiger partial charge in [0.2, 0.25) is 0 Å². The first-order chi connectivity index (χ1) is 13.4. The number of hydrogen-bond acceptors (Lipinski definition) is 3. The Hall–Kier alpha value is -3.39. The van der Waals surface area contributed by atoms with E-state index in [1.165, 1.54) is 6.33 Å².